The van der Waals surface area contributed by atoms with Crippen LogP contribution in [0.1, 0.15) is 44.6 Å². The predicted molar refractivity (Wildman–Crippen MR) is 137 cm³/mol. The largest absolute Gasteiger partial charge is 0.444 e. The number of benzene rings is 1. The third-order valence-corrected chi connectivity index (χ3v) is 7.08. The molecule has 0 bridgehead atoms. The van der Waals surface area contributed by atoms with Crippen molar-refractivity contribution in [3.63, 3.8) is 0 Å². The number of anilines is 1. The number of hydrogen-bond donors (Lipinski definition) is 0. The fourth-order valence-electron chi connectivity index (χ4n) is 4.15. The summed E-state index contributed by atoms with van der Waals surface area (Å²) in [6, 6.07) is 8.61. The first-order valence-corrected chi connectivity index (χ1v) is 12.6. The lowest BCUT2D eigenvalue weighted by Crippen LogP contribution is -2.39. The Kier molecular flexibility index (Phi) is 6.82. The molecule has 1 aliphatic rings. The maximum atomic E-state index is 12.6. The van der Waals surface area contributed by atoms with E-state index in [9.17, 15) is 4.79 Å². The van der Waals surface area contributed by atoms with E-state index in [1.54, 1.807) is 16.2 Å². The Bertz CT molecular complexity index is 1150. The van der Waals surface area contributed by atoms with Gasteiger partial charge in [-0.15, -0.1) is 11.3 Å². The smallest absolute Gasteiger partial charge is 0.410 e. The molecular formula is C25H31ClN4O2S. The summed E-state index contributed by atoms with van der Waals surface area (Å²) in [6.07, 6.45) is 1.47. The highest BCUT2D eigenvalue weighted by Gasteiger charge is 2.27. The fraction of sp³-hybridized carbons (Fsp3) is 0.480. The summed E-state index contributed by atoms with van der Waals surface area (Å²) in [4.78, 5) is 28.1. The summed E-state index contributed by atoms with van der Waals surface area (Å²) >= 11 is 8.07. The van der Waals surface area contributed by atoms with E-state index < -0.39 is 5.60 Å². The van der Waals surface area contributed by atoms with Crippen LogP contribution in [0.4, 0.5) is 10.6 Å². The average Bonchev–Trinajstić information content (AvgIpc) is 2.93. The minimum atomic E-state index is -0.508. The molecule has 3 aromatic rings. The molecule has 0 N–H and O–H groups in total. The molecular weight excluding hydrogens is 456 g/mol. The SMILES string of the molecule is CCc1sc2nc(Cl)nc(N3CCCN(C(=O)OC(C)(C)C)CC3)c2c1-c1ccc(C)cc1. The van der Waals surface area contributed by atoms with Gasteiger partial charge in [-0.3, -0.25) is 0 Å². The first-order valence-electron chi connectivity index (χ1n) is 11.4. The Labute approximate surface area is 204 Å². The molecule has 8 heteroatoms. The summed E-state index contributed by atoms with van der Waals surface area (Å²) in [5, 5.41) is 1.31. The molecule has 3 heterocycles. The Morgan fingerprint density at radius 1 is 1.12 bits per heavy atom. The van der Waals surface area contributed by atoms with Crippen LogP contribution in [0.3, 0.4) is 0 Å². The molecule has 0 spiro atoms. The lowest BCUT2D eigenvalue weighted by molar-refractivity contribution is 0.0263. The van der Waals surface area contributed by atoms with E-state index in [0.29, 0.717) is 19.6 Å². The second-order valence-corrected chi connectivity index (χ2v) is 10.8. The number of carbonyl (C=O) groups excluding carboxylic acids is 1. The van der Waals surface area contributed by atoms with Crippen molar-refractivity contribution < 1.29 is 9.53 Å². The van der Waals surface area contributed by atoms with E-state index in [0.717, 1.165) is 35.4 Å². The van der Waals surface area contributed by atoms with Crippen LogP contribution in [-0.2, 0) is 11.2 Å². The molecule has 2 aromatic heterocycles. The summed E-state index contributed by atoms with van der Waals surface area (Å²) in [6.45, 7) is 12.6. The van der Waals surface area contributed by atoms with Gasteiger partial charge in [-0.2, -0.15) is 4.98 Å². The zero-order valence-corrected chi connectivity index (χ0v) is 21.5. The van der Waals surface area contributed by atoms with Gasteiger partial charge >= 0.3 is 6.09 Å². The van der Waals surface area contributed by atoms with Crippen LogP contribution in [0.2, 0.25) is 5.28 Å². The molecule has 6 nitrogen and oxygen atoms in total. The van der Waals surface area contributed by atoms with Crippen molar-refractivity contribution in [1.29, 1.82) is 0 Å². The number of carbonyl (C=O) groups is 1. The number of aryl methyl sites for hydroxylation is 2. The van der Waals surface area contributed by atoms with Gasteiger partial charge in [-0.25, -0.2) is 9.78 Å². The summed E-state index contributed by atoms with van der Waals surface area (Å²) in [7, 11) is 0. The van der Waals surface area contributed by atoms with Crippen LogP contribution in [0.15, 0.2) is 24.3 Å². The van der Waals surface area contributed by atoms with Crippen LogP contribution >= 0.6 is 22.9 Å². The number of ether oxygens (including phenoxy) is 1. The zero-order valence-electron chi connectivity index (χ0n) is 19.9. The van der Waals surface area contributed by atoms with Crippen molar-refractivity contribution in [3.8, 4) is 11.1 Å². The van der Waals surface area contributed by atoms with Crippen LogP contribution in [-0.4, -0.2) is 52.7 Å². The second-order valence-electron chi connectivity index (χ2n) is 9.42. The number of rotatable bonds is 3. The van der Waals surface area contributed by atoms with Crippen LogP contribution in [0, 0.1) is 6.92 Å². The summed E-state index contributed by atoms with van der Waals surface area (Å²) in [5.74, 6) is 0.850. The third-order valence-electron chi connectivity index (χ3n) is 5.69. The van der Waals surface area contributed by atoms with Gasteiger partial charge < -0.3 is 14.5 Å². The molecule has 0 unspecified atom stereocenters. The predicted octanol–water partition coefficient (Wildman–Crippen LogP) is 6.33. The number of amides is 1. The average molecular weight is 487 g/mol. The van der Waals surface area contributed by atoms with E-state index in [2.05, 4.69) is 48.0 Å². The highest BCUT2D eigenvalue weighted by Crippen LogP contribution is 2.43. The molecule has 0 saturated carbocycles. The number of hydrogen-bond acceptors (Lipinski definition) is 6. The Balaban J connectivity index is 1.72. The Morgan fingerprint density at radius 2 is 1.85 bits per heavy atom. The minimum absolute atomic E-state index is 0.255. The molecule has 1 amide bonds. The fourth-order valence-corrected chi connectivity index (χ4v) is 5.49. The molecule has 1 fully saturated rings. The van der Waals surface area contributed by atoms with Crippen molar-refractivity contribution in [2.45, 2.75) is 53.1 Å². The van der Waals surface area contributed by atoms with Gasteiger partial charge in [0.25, 0.3) is 0 Å². The van der Waals surface area contributed by atoms with E-state index in [1.807, 2.05) is 20.8 Å². The lowest BCUT2D eigenvalue weighted by Gasteiger charge is -2.27. The highest BCUT2D eigenvalue weighted by molar-refractivity contribution is 7.19. The van der Waals surface area contributed by atoms with Gasteiger partial charge in [-0.05, 0) is 57.7 Å². The van der Waals surface area contributed by atoms with Crippen molar-refractivity contribution in [2.75, 3.05) is 31.1 Å². The van der Waals surface area contributed by atoms with E-state index >= 15 is 0 Å². The molecule has 1 aliphatic heterocycles. The molecule has 33 heavy (non-hydrogen) atoms. The third kappa shape index (κ3) is 5.25. The maximum Gasteiger partial charge on any atom is 0.410 e. The second kappa shape index (κ2) is 9.47. The summed E-state index contributed by atoms with van der Waals surface area (Å²) < 4.78 is 5.59. The molecule has 4 rings (SSSR count). The van der Waals surface area contributed by atoms with Gasteiger partial charge in [-0.1, -0.05) is 36.8 Å². The zero-order chi connectivity index (χ0) is 23.8. The number of nitrogens with zero attached hydrogens (tertiary/aromatic N) is 4. The van der Waals surface area contributed by atoms with Crippen molar-refractivity contribution >= 4 is 45.1 Å². The molecule has 0 radical (unpaired) electrons. The lowest BCUT2D eigenvalue weighted by atomic mass is 10.0. The monoisotopic (exact) mass is 486 g/mol. The van der Waals surface area contributed by atoms with E-state index in [4.69, 9.17) is 21.3 Å². The first-order chi connectivity index (χ1) is 15.7. The normalized spacial score (nSPS) is 15.1. The van der Waals surface area contributed by atoms with Gasteiger partial charge in [0.15, 0.2) is 0 Å². The Hall–Kier alpha value is -2.38. The molecule has 176 valence electrons. The molecule has 1 saturated heterocycles. The quantitative estimate of drug-likeness (QED) is 0.405. The van der Waals surface area contributed by atoms with Crippen LogP contribution < -0.4 is 4.90 Å². The Morgan fingerprint density at radius 3 is 2.52 bits per heavy atom. The first kappa shape index (κ1) is 23.8. The number of fused-ring (bicyclic) bond motifs is 1. The van der Waals surface area contributed by atoms with Crippen molar-refractivity contribution in [1.82, 2.24) is 14.9 Å². The number of halogens is 1. The van der Waals surface area contributed by atoms with Crippen LogP contribution in [0.5, 0.6) is 0 Å². The summed E-state index contributed by atoms with van der Waals surface area (Å²) in [5.41, 5.74) is 3.08. The van der Waals surface area contributed by atoms with Gasteiger partial charge in [0.05, 0.1) is 5.39 Å². The maximum absolute atomic E-state index is 12.6. The van der Waals surface area contributed by atoms with E-state index in [1.165, 1.54) is 21.6 Å². The minimum Gasteiger partial charge on any atom is -0.444 e. The van der Waals surface area contributed by atoms with E-state index in [-0.39, 0.29) is 11.4 Å². The number of aromatic nitrogens is 2. The molecule has 1 aromatic carbocycles. The van der Waals surface area contributed by atoms with Crippen molar-refractivity contribution in [2.24, 2.45) is 0 Å². The van der Waals surface area contributed by atoms with Crippen LogP contribution in [0.25, 0.3) is 21.3 Å². The number of thiophene rings is 1. The standard InChI is InChI=1S/C25H31ClN4O2S/c1-6-18-19(17-10-8-16(2)9-11-17)20-21(27-23(26)28-22(20)33-18)29-12-7-13-30(15-14-29)24(31)32-25(3,4)5/h8-11H,6-7,12-15H2,1-5H3. The topological polar surface area (TPSA) is 58.6 Å². The van der Waals surface area contributed by atoms with Gasteiger partial charge in [0, 0.05) is 36.6 Å². The highest BCUT2D eigenvalue weighted by atomic mass is 35.5. The van der Waals surface area contributed by atoms with Gasteiger partial charge in [0.1, 0.15) is 16.2 Å². The van der Waals surface area contributed by atoms with Crippen molar-refractivity contribution in [3.05, 3.63) is 40.0 Å². The van der Waals surface area contributed by atoms with Gasteiger partial charge in [0.2, 0.25) is 5.28 Å². The molecule has 0 atom stereocenters. The molecule has 0 aliphatic carbocycles.